The molecule has 0 aliphatic carbocycles. The number of hydrogen-bond donors (Lipinski definition) is 1. The number of carbonyl (C=O) groups excluding carboxylic acids is 2. The normalized spacial score (nSPS) is 16.5. The summed E-state index contributed by atoms with van der Waals surface area (Å²) >= 11 is 0. The molecule has 0 aromatic heterocycles. The predicted octanol–water partition coefficient (Wildman–Crippen LogP) is 3.20. The molecule has 5 heteroatoms. The zero-order chi connectivity index (χ0) is 17.9. The molecule has 0 saturated carbocycles. The van der Waals surface area contributed by atoms with Gasteiger partial charge in [0.1, 0.15) is 0 Å². The number of amides is 2. The Balaban J connectivity index is 1.39. The Morgan fingerprint density at radius 2 is 1.73 bits per heavy atom. The van der Waals surface area contributed by atoms with Crippen LogP contribution < -0.4 is 15.1 Å². The molecule has 2 heterocycles. The molecule has 2 aromatic carbocycles. The van der Waals surface area contributed by atoms with Crippen LogP contribution in [0.15, 0.2) is 48.5 Å². The summed E-state index contributed by atoms with van der Waals surface area (Å²) in [6.07, 6.45) is 3.68. The molecule has 2 aromatic rings. The van der Waals surface area contributed by atoms with Crippen molar-refractivity contribution in [3.05, 3.63) is 54.1 Å². The number of anilines is 3. The van der Waals surface area contributed by atoms with E-state index in [0.29, 0.717) is 13.0 Å². The average Bonchev–Trinajstić information content (AvgIpc) is 3.09. The minimum atomic E-state index is -0.0216. The number of benzene rings is 2. The summed E-state index contributed by atoms with van der Waals surface area (Å²) in [6.45, 7) is 2.03. The van der Waals surface area contributed by atoms with E-state index in [4.69, 9.17) is 0 Å². The lowest BCUT2D eigenvalue weighted by atomic mass is 10.0. The number of rotatable bonds is 4. The second-order valence-electron chi connectivity index (χ2n) is 6.90. The van der Waals surface area contributed by atoms with Crippen molar-refractivity contribution < 1.29 is 9.59 Å². The maximum atomic E-state index is 12.5. The summed E-state index contributed by atoms with van der Waals surface area (Å²) in [4.78, 5) is 28.2. The van der Waals surface area contributed by atoms with Crippen LogP contribution in [0.25, 0.3) is 0 Å². The third-order valence-electron chi connectivity index (χ3n) is 5.08. The lowest BCUT2D eigenvalue weighted by Gasteiger charge is -2.30. The van der Waals surface area contributed by atoms with Gasteiger partial charge in [-0.15, -0.1) is 0 Å². The summed E-state index contributed by atoms with van der Waals surface area (Å²) in [5.74, 6) is 0.150. The highest BCUT2D eigenvalue weighted by Crippen LogP contribution is 2.27. The van der Waals surface area contributed by atoms with Gasteiger partial charge in [-0.1, -0.05) is 18.2 Å². The van der Waals surface area contributed by atoms with E-state index in [1.165, 1.54) is 5.56 Å². The average molecular weight is 349 g/mol. The van der Waals surface area contributed by atoms with E-state index in [1.807, 2.05) is 30.3 Å². The minimum Gasteiger partial charge on any atom is -0.362 e. The van der Waals surface area contributed by atoms with Crippen LogP contribution in [0.5, 0.6) is 0 Å². The quantitative estimate of drug-likeness (QED) is 0.922. The fraction of sp³-hybridized carbons (Fsp3) is 0.333. The van der Waals surface area contributed by atoms with Crippen molar-refractivity contribution in [2.45, 2.75) is 25.7 Å². The lowest BCUT2D eigenvalue weighted by Crippen LogP contribution is -2.36. The van der Waals surface area contributed by atoms with Crippen molar-refractivity contribution in [1.82, 2.24) is 0 Å². The van der Waals surface area contributed by atoms with E-state index in [9.17, 15) is 9.59 Å². The topological polar surface area (TPSA) is 52.7 Å². The standard InChI is InChI=1S/C21H23N3O2/c25-20(15-23-13-3-6-16-5-1-2-7-19(16)23)22-17-9-11-18(12-10-17)24-14-4-8-21(24)26/h1-2,5,7,9-12H,3-4,6,8,13-15H2,(H,22,25). The van der Waals surface area contributed by atoms with Crippen LogP contribution in [0, 0.1) is 0 Å². The number of para-hydroxylation sites is 1. The van der Waals surface area contributed by atoms with E-state index in [0.717, 1.165) is 49.4 Å². The number of hydrogen-bond acceptors (Lipinski definition) is 3. The summed E-state index contributed by atoms with van der Waals surface area (Å²) in [6, 6.07) is 15.8. The summed E-state index contributed by atoms with van der Waals surface area (Å²) in [5, 5.41) is 2.96. The third kappa shape index (κ3) is 3.43. The first-order valence-corrected chi connectivity index (χ1v) is 9.24. The molecule has 1 saturated heterocycles. The molecule has 134 valence electrons. The van der Waals surface area contributed by atoms with Crippen LogP contribution in [0.3, 0.4) is 0 Å². The monoisotopic (exact) mass is 349 g/mol. The Hall–Kier alpha value is -2.82. The largest absolute Gasteiger partial charge is 0.362 e. The Kier molecular flexibility index (Phi) is 4.61. The molecular weight excluding hydrogens is 326 g/mol. The van der Waals surface area contributed by atoms with Gasteiger partial charge in [0.15, 0.2) is 0 Å². The van der Waals surface area contributed by atoms with Crippen molar-refractivity contribution >= 4 is 28.9 Å². The van der Waals surface area contributed by atoms with E-state index in [2.05, 4.69) is 28.4 Å². The molecule has 1 N–H and O–H groups in total. The zero-order valence-corrected chi connectivity index (χ0v) is 14.8. The van der Waals surface area contributed by atoms with Gasteiger partial charge in [0.25, 0.3) is 0 Å². The van der Waals surface area contributed by atoms with E-state index < -0.39 is 0 Å². The Bertz CT molecular complexity index is 816. The van der Waals surface area contributed by atoms with Crippen molar-refractivity contribution in [3.63, 3.8) is 0 Å². The van der Waals surface area contributed by atoms with Gasteiger partial charge >= 0.3 is 0 Å². The summed E-state index contributed by atoms with van der Waals surface area (Å²) in [7, 11) is 0. The highest BCUT2D eigenvalue weighted by molar-refractivity contribution is 5.97. The molecule has 26 heavy (non-hydrogen) atoms. The smallest absolute Gasteiger partial charge is 0.243 e. The first-order chi connectivity index (χ1) is 12.7. The van der Waals surface area contributed by atoms with Crippen LogP contribution in [-0.4, -0.2) is 31.4 Å². The van der Waals surface area contributed by atoms with Crippen LogP contribution in [0.2, 0.25) is 0 Å². The first-order valence-electron chi connectivity index (χ1n) is 9.24. The van der Waals surface area contributed by atoms with Gasteiger partial charge in [-0.3, -0.25) is 9.59 Å². The molecule has 0 atom stereocenters. The van der Waals surface area contributed by atoms with Crippen molar-refractivity contribution in [2.75, 3.05) is 34.8 Å². The molecule has 2 amide bonds. The molecule has 4 rings (SSSR count). The molecular formula is C21H23N3O2. The summed E-state index contributed by atoms with van der Waals surface area (Å²) in [5.41, 5.74) is 4.13. The van der Waals surface area contributed by atoms with Crippen LogP contribution in [0.1, 0.15) is 24.8 Å². The van der Waals surface area contributed by atoms with Crippen LogP contribution >= 0.6 is 0 Å². The maximum absolute atomic E-state index is 12.5. The number of fused-ring (bicyclic) bond motifs is 1. The first kappa shape index (κ1) is 16.6. The lowest BCUT2D eigenvalue weighted by molar-refractivity contribution is -0.117. The van der Waals surface area contributed by atoms with Gasteiger partial charge in [-0.05, 0) is 55.2 Å². The Morgan fingerprint density at radius 3 is 2.50 bits per heavy atom. The fourth-order valence-corrected chi connectivity index (χ4v) is 3.80. The van der Waals surface area contributed by atoms with Crippen molar-refractivity contribution in [3.8, 4) is 0 Å². The second kappa shape index (κ2) is 7.20. The molecule has 2 aliphatic rings. The number of aryl methyl sites for hydroxylation is 1. The highest BCUT2D eigenvalue weighted by Gasteiger charge is 2.22. The van der Waals surface area contributed by atoms with E-state index >= 15 is 0 Å². The van der Waals surface area contributed by atoms with Gasteiger partial charge in [-0.25, -0.2) is 0 Å². The van der Waals surface area contributed by atoms with Gasteiger partial charge in [0, 0.05) is 36.6 Å². The van der Waals surface area contributed by atoms with Gasteiger partial charge in [0.2, 0.25) is 11.8 Å². The molecule has 2 aliphatic heterocycles. The van der Waals surface area contributed by atoms with Gasteiger partial charge in [-0.2, -0.15) is 0 Å². The van der Waals surface area contributed by atoms with Crippen LogP contribution in [0.4, 0.5) is 17.1 Å². The van der Waals surface area contributed by atoms with Crippen molar-refractivity contribution in [2.24, 2.45) is 0 Å². The van der Waals surface area contributed by atoms with Crippen molar-refractivity contribution in [1.29, 1.82) is 0 Å². The summed E-state index contributed by atoms with van der Waals surface area (Å²) < 4.78 is 0. The van der Waals surface area contributed by atoms with Crippen LogP contribution in [-0.2, 0) is 16.0 Å². The SMILES string of the molecule is O=C(CN1CCCc2ccccc21)Nc1ccc(N2CCCC2=O)cc1. The number of carbonyl (C=O) groups is 2. The zero-order valence-electron chi connectivity index (χ0n) is 14.8. The second-order valence-corrected chi connectivity index (χ2v) is 6.90. The van der Waals surface area contributed by atoms with Gasteiger partial charge in [0.05, 0.1) is 6.54 Å². The number of nitrogens with zero attached hydrogens (tertiary/aromatic N) is 2. The molecule has 0 unspecified atom stereocenters. The molecule has 0 spiro atoms. The number of nitrogens with one attached hydrogen (secondary N) is 1. The van der Waals surface area contributed by atoms with Gasteiger partial charge < -0.3 is 15.1 Å². The highest BCUT2D eigenvalue weighted by atomic mass is 16.2. The third-order valence-corrected chi connectivity index (χ3v) is 5.08. The maximum Gasteiger partial charge on any atom is 0.243 e. The predicted molar refractivity (Wildman–Crippen MR) is 104 cm³/mol. The molecule has 0 bridgehead atoms. The van der Waals surface area contributed by atoms with E-state index in [-0.39, 0.29) is 11.8 Å². The Morgan fingerprint density at radius 1 is 0.962 bits per heavy atom. The minimum absolute atomic E-state index is 0.0216. The molecule has 5 nitrogen and oxygen atoms in total. The van der Waals surface area contributed by atoms with E-state index in [1.54, 1.807) is 4.90 Å². The fourth-order valence-electron chi connectivity index (χ4n) is 3.80. The molecule has 0 radical (unpaired) electrons. The molecule has 1 fully saturated rings. The Labute approximate surface area is 153 Å².